The van der Waals surface area contributed by atoms with Crippen molar-refractivity contribution in [2.24, 2.45) is 11.7 Å². The molecule has 1 aliphatic carbocycles. The molecule has 94 valence electrons. The molecule has 2 nitrogen and oxygen atoms in total. The highest BCUT2D eigenvalue weighted by atomic mass is 15.2. The van der Waals surface area contributed by atoms with Crippen LogP contribution in [0.4, 0.5) is 0 Å². The van der Waals surface area contributed by atoms with Crippen LogP contribution in [0.2, 0.25) is 0 Å². The van der Waals surface area contributed by atoms with Crippen molar-refractivity contribution >= 4 is 0 Å². The molecule has 3 unspecified atom stereocenters. The molecule has 0 radical (unpaired) electrons. The van der Waals surface area contributed by atoms with Crippen LogP contribution in [-0.2, 0) is 0 Å². The maximum atomic E-state index is 5.96. The van der Waals surface area contributed by atoms with Gasteiger partial charge >= 0.3 is 0 Å². The molecule has 1 saturated heterocycles. The van der Waals surface area contributed by atoms with Gasteiger partial charge in [-0.2, -0.15) is 0 Å². The molecule has 0 amide bonds. The van der Waals surface area contributed by atoms with Crippen molar-refractivity contribution in [3.05, 3.63) is 0 Å². The molecular weight excluding hydrogens is 196 g/mol. The van der Waals surface area contributed by atoms with Crippen LogP contribution in [0.3, 0.4) is 0 Å². The third-order valence-corrected chi connectivity index (χ3v) is 4.74. The van der Waals surface area contributed by atoms with Crippen molar-refractivity contribution in [3.63, 3.8) is 0 Å². The van der Waals surface area contributed by atoms with Crippen LogP contribution in [0.25, 0.3) is 0 Å². The van der Waals surface area contributed by atoms with E-state index in [-0.39, 0.29) is 0 Å². The highest BCUT2D eigenvalue weighted by Crippen LogP contribution is 2.32. The van der Waals surface area contributed by atoms with E-state index in [1.807, 2.05) is 0 Å². The second-order valence-electron chi connectivity index (χ2n) is 5.64. The molecular formula is C14H28N2. The fourth-order valence-corrected chi connectivity index (χ4v) is 3.80. The van der Waals surface area contributed by atoms with Gasteiger partial charge in [0.2, 0.25) is 0 Å². The summed E-state index contributed by atoms with van der Waals surface area (Å²) in [6.07, 6.45) is 11.2. The van der Waals surface area contributed by atoms with Gasteiger partial charge in [0.15, 0.2) is 0 Å². The first-order valence-electron chi connectivity index (χ1n) is 7.32. The third-order valence-electron chi connectivity index (χ3n) is 4.74. The molecule has 2 rings (SSSR count). The summed E-state index contributed by atoms with van der Waals surface area (Å²) in [5, 5.41) is 0. The van der Waals surface area contributed by atoms with Gasteiger partial charge in [-0.05, 0) is 51.1 Å². The predicted molar refractivity (Wildman–Crippen MR) is 69.4 cm³/mol. The van der Waals surface area contributed by atoms with E-state index in [1.165, 1.54) is 57.9 Å². The fraction of sp³-hybridized carbons (Fsp3) is 1.00. The Labute approximate surface area is 101 Å². The minimum Gasteiger partial charge on any atom is -0.330 e. The minimum atomic E-state index is 0.779. The molecule has 2 fully saturated rings. The van der Waals surface area contributed by atoms with Gasteiger partial charge in [0.1, 0.15) is 0 Å². The predicted octanol–water partition coefficient (Wildman–Crippen LogP) is 2.77. The second kappa shape index (κ2) is 6.02. The average Bonchev–Trinajstić information content (AvgIpc) is 2.38. The maximum absolute atomic E-state index is 5.96. The zero-order valence-corrected chi connectivity index (χ0v) is 10.8. The van der Waals surface area contributed by atoms with Crippen LogP contribution in [0.15, 0.2) is 0 Å². The summed E-state index contributed by atoms with van der Waals surface area (Å²) in [7, 11) is 0. The first kappa shape index (κ1) is 12.4. The summed E-state index contributed by atoms with van der Waals surface area (Å²) in [6, 6.07) is 1.66. The Morgan fingerprint density at radius 2 is 1.81 bits per heavy atom. The van der Waals surface area contributed by atoms with E-state index in [2.05, 4.69) is 11.8 Å². The van der Waals surface area contributed by atoms with Gasteiger partial charge in [-0.1, -0.05) is 26.2 Å². The van der Waals surface area contributed by atoms with E-state index >= 15 is 0 Å². The Morgan fingerprint density at radius 1 is 1.06 bits per heavy atom. The van der Waals surface area contributed by atoms with Crippen LogP contribution >= 0.6 is 0 Å². The molecule has 0 aromatic rings. The van der Waals surface area contributed by atoms with E-state index in [4.69, 9.17) is 5.73 Å². The molecule has 16 heavy (non-hydrogen) atoms. The first-order chi connectivity index (χ1) is 7.86. The van der Waals surface area contributed by atoms with E-state index in [0.29, 0.717) is 0 Å². The second-order valence-corrected chi connectivity index (χ2v) is 5.64. The fourth-order valence-electron chi connectivity index (χ4n) is 3.80. The number of nitrogens with two attached hydrogens (primary N) is 1. The lowest BCUT2D eigenvalue weighted by Crippen LogP contribution is -2.51. The normalized spacial score (nSPS) is 37.5. The summed E-state index contributed by atoms with van der Waals surface area (Å²) in [6.45, 7) is 4.58. The molecule has 2 aliphatic rings. The zero-order chi connectivity index (χ0) is 11.4. The van der Waals surface area contributed by atoms with E-state index in [9.17, 15) is 0 Å². The van der Waals surface area contributed by atoms with Crippen molar-refractivity contribution < 1.29 is 0 Å². The number of hydrogen-bond acceptors (Lipinski definition) is 2. The lowest BCUT2D eigenvalue weighted by atomic mass is 9.81. The number of hydrogen-bond donors (Lipinski definition) is 1. The van der Waals surface area contributed by atoms with Crippen LogP contribution in [0.5, 0.6) is 0 Å². The highest BCUT2D eigenvalue weighted by molar-refractivity contribution is 4.89. The van der Waals surface area contributed by atoms with Crippen molar-refractivity contribution in [2.45, 2.75) is 70.4 Å². The molecule has 1 saturated carbocycles. The summed E-state index contributed by atoms with van der Waals surface area (Å²) in [4.78, 5) is 2.82. The van der Waals surface area contributed by atoms with Crippen LogP contribution in [0.1, 0.15) is 58.3 Å². The molecule has 1 aliphatic heterocycles. The number of piperidine rings is 1. The van der Waals surface area contributed by atoms with Gasteiger partial charge < -0.3 is 5.73 Å². The maximum Gasteiger partial charge on any atom is 0.0138 e. The summed E-state index contributed by atoms with van der Waals surface area (Å²) in [5.41, 5.74) is 5.96. The number of likely N-dealkylation sites (tertiary alicyclic amines) is 1. The highest BCUT2D eigenvalue weighted by Gasteiger charge is 2.33. The lowest BCUT2D eigenvalue weighted by Gasteiger charge is -2.46. The molecule has 3 atom stereocenters. The Kier molecular flexibility index (Phi) is 4.66. The molecule has 2 N–H and O–H groups in total. The quantitative estimate of drug-likeness (QED) is 0.798. The standard InChI is InChI=1S/C14H28N2/c1-2-13-8-5-6-10-16(13)14-9-4-3-7-12(14)11-15/h12-14H,2-11,15H2,1H3. The largest absolute Gasteiger partial charge is 0.330 e. The molecule has 0 aromatic heterocycles. The summed E-state index contributed by atoms with van der Waals surface area (Å²) >= 11 is 0. The van der Waals surface area contributed by atoms with Crippen LogP contribution in [0, 0.1) is 5.92 Å². The van der Waals surface area contributed by atoms with Crippen molar-refractivity contribution in [1.82, 2.24) is 4.90 Å². The lowest BCUT2D eigenvalue weighted by molar-refractivity contribution is 0.0393. The monoisotopic (exact) mass is 224 g/mol. The SMILES string of the molecule is CCC1CCCCN1C1CCCCC1CN. The van der Waals surface area contributed by atoms with Gasteiger partial charge in [-0.3, -0.25) is 4.90 Å². The van der Waals surface area contributed by atoms with Crippen molar-refractivity contribution in [2.75, 3.05) is 13.1 Å². The third kappa shape index (κ3) is 2.60. The average molecular weight is 224 g/mol. The minimum absolute atomic E-state index is 0.779. The Balaban J connectivity index is 2.01. The van der Waals surface area contributed by atoms with E-state index < -0.39 is 0 Å². The van der Waals surface area contributed by atoms with E-state index in [1.54, 1.807) is 0 Å². The van der Waals surface area contributed by atoms with Gasteiger partial charge in [-0.25, -0.2) is 0 Å². The van der Waals surface area contributed by atoms with Gasteiger partial charge in [0, 0.05) is 12.1 Å². The van der Waals surface area contributed by atoms with Crippen molar-refractivity contribution in [3.8, 4) is 0 Å². The smallest absolute Gasteiger partial charge is 0.0138 e. The van der Waals surface area contributed by atoms with Crippen molar-refractivity contribution in [1.29, 1.82) is 0 Å². The van der Waals surface area contributed by atoms with Crippen LogP contribution in [-0.4, -0.2) is 30.1 Å². The summed E-state index contributed by atoms with van der Waals surface area (Å²) in [5.74, 6) is 0.779. The molecule has 0 aromatic carbocycles. The zero-order valence-electron chi connectivity index (χ0n) is 10.8. The first-order valence-corrected chi connectivity index (χ1v) is 7.32. The van der Waals surface area contributed by atoms with Gasteiger partial charge in [-0.15, -0.1) is 0 Å². The number of rotatable bonds is 3. The Hall–Kier alpha value is -0.0800. The topological polar surface area (TPSA) is 29.3 Å². The molecule has 0 spiro atoms. The number of nitrogens with zero attached hydrogens (tertiary/aromatic N) is 1. The Morgan fingerprint density at radius 3 is 2.56 bits per heavy atom. The summed E-state index contributed by atoms with van der Waals surface area (Å²) < 4.78 is 0. The van der Waals surface area contributed by atoms with Gasteiger partial charge in [0.25, 0.3) is 0 Å². The van der Waals surface area contributed by atoms with Gasteiger partial charge in [0.05, 0.1) is 0 Å². The molecule has 1 heterocycles. The molecule has 0 bridgehead atoms. The van der Waals surface area contributed by atoms with Crippen LogP contribution < -0.4 is 5.73 Å². The molecule has 2 heteroatoms. The Bertz CT molecular complexity index is 183. The van der Waals surface area contributed by atoms with E-state index in [0.717, 1.165) is 24.5 Å².